The summed E-state index contributed by atoms with van der Waals surface area (Å²) in [6.07, 6.45) is 4.47. The molecule has 0 spiro atoms. The molecule has 1 aliphatic rings. The van der Waals surface area contributed by atoms with Gasteiger partial charge in [-0.3, -0.25) is 9.59 Å². The summed E-state index contributed by atoms with van der Waals surface area (Å²) in [6, 6.07) is 0. The molecule has 4 N–H and O–H groups in total. The number of carbonyl (C=O) groups is 2. The number of amides is 2. The molecule has 0 bridgehead atoms. The van der Waals surface area contributed by atoms with Gasteiger partial charge in [0.1, 0.15) is 5.41 Å². The van der Waals surface area contributed by atoms with Crippen LogP contribution in [0.1, 0.15) is 25.7 Å². The fourth-order valence-electron chi connectivity index (χ4n) is 1.58. The van der Waals surface area contributed by atoms with E-state index in [-0.39, 0.29) is 0 Å². The monoisotopic (exact) mass is 169 g/mol. The highest BCUT2D eigenvalue weighted by Gasteiger charge is 2.43. The maximum atomic E-state index is 11.0. The van der Waals surface area contributed by atoms with Gasteiger partial charge in [0, 0.05) is 0 Å². The first kappa shape index (κ1) is 9.03. The summed E-state index contributed by atoms with van der Waals surface area (Å²) in [5.41, 5.74) is 9.22. The Kier molecular flexibility index (Phi) is 2.35. The van der Waals surface area contributed by atoms with E-state index in [1.165, 1.54) is 0 Å². The Bertz CT molecular complexity index is 191. The Morgan fingerprint density at radius 1 is 1.08 bits per heavy atom. The van der Waals surface area contributed by atoms with Gasteiger partial charge in [0.05, 0.1) is 0 Å². The van der Waals surface area contributed by atoms with Crippen LogP contribution in [0, 0.1) is 11.8 Å². The highest BCUT2D eigenvalue weighted by atomic mass is 16.2. The van der Waals surface area contributed by atoms with Crippen LogP contribution in [0.4, 0.5) is 0 Å². The second kappa shape index (κ2) is 3.13. The van der Waals surface area contributed by atoms with E-state index in [1.807, 2.05) is 6.42 Å². The van der Waals surface area contributed by atoms with E-state index in [0.717, 1.165) is 12.8 Å². The van der Waals surface area contributed by atoms with Crippen molar-refractivity contribution in [1.82, 2.24) is 0 Å². The number of nitrogens with two attached hydrogens (primary N) is 2. The largest absolute Gasteiger partial charge is 0.369 e. The second-order valence-corrected chi connectivity index (χ2v) is 3.18. The summed E-state index contributed by atoms with van der Waals surface area (Å²) >= 11 is 0. The van der Waals surface area contributed by atoms with Crippen LogP contribution in [0.3, 0.4) is 0 Å². The minimum atomic E-state index is -1.07. The summed E-state index contributed by atoms with van der Waals surface area (Å²) < 4.78 is 0. The van der Waals surface area contributed by atoms with Crippen LogP contribution in [-0.4, -0.2) is 11.8 Å². The lowest BCUT2D eigenvalue weighted by Gasteiger charge is -2.30. The summed E-state index contributed by atoms with van der Waals surface area (Å²) in [4.78, 5) is 22.1. The molecule has 0 unspecified atom stereocenters. The Balaban J connectivity index is 2.84. The zero-order chi connectivity index (χ0) is 9.19. The lowest BCUT2D eigenvalue weighted by molar-refractivity contribution is -0.141. The predicted molar refractivity (Wildman–Crippen MR) is 43.6 cm³/mol. The number of rotatable bonds is 2. The van der Waals surface area contributed by atoms with Crippen molar-refractivity contribution >= 4 is 11.8 Å². The Morgan fingerprint density at radius 3 is 1.75 bits per heavy atom. The predicted octanol–water partition coefficient (Wildman–Crippen LogP) is -0.278. The fourth-order valence-corrected chi connectivity index (χ4v) is 1.58. The molecule has 1 radical (unpaired) electrons. The molecule has 0 aliphatic heterocycles. The molecule has 0 heterocycles. The van der Waals surface area contributed by atoms with Crippen molar-refractivity contribution in [2.45, 2.75) is 25.7 Å². The first-order valence-electron chi connectivity index (χ1n) is 4.01. The van der Waals surface area contributed by atoms with Crippen LogP contribution in [-0.2, 0) is 9.59 Å². The van der Waals surface area contributed by atoms with Crippen molar-refractivity contribution < 1.29 is 9.59 Å². The maximum Gasteiger partial charge on any atom is 0.233 e. The lowest BCUT2D eigenvalue weighted by Crippen LogP contribution is -2.48. The van der Waals surface area contributed by atoms with Crippen molar-refractivity contribution in [1.29, 1.82) is 0 Å². The van der Waals surface area contributed by atoms with E-state index in [4.69, 9.17) is 11.5 Å². The van der Waals surface area contributed by atoms with Gasteiger partial charge in [-0.25, -0.2) is 0 Å². The van der Waals surface area contributed by atoms with Gasteiger partial charge in [0.15, 0.2) is 0 Å². The molecule has 0 saturated heterocycles. The van der Waals surface area contributed by atoms with E-state index < -0.39 is 17.2 Å². The standard InChI is InChI=1S/C8H13N2O2/c9-6(11)8(7(10)12)4-2-1-3-5-8/h1H,2-5H2,(H2,9,11)(H2,10,12). The number of hydrogen-bond donors (Lipinski definition) is 2. The van der Waals surface area contributed by atoms with Crippen LogP contribution in [0.25, 0.3) is 0 Å². The lowest BCUT2D eigenvalue weighted by atomic mass is 9.73. The van der Waals surface area contributed by atoms with E-state index in [9.17, 15) is 9.59 Å². The van der Waals surface area contributed by atoms with Crippen LogP contribution in [0.15, 0.2) is 0 Å². The zero-order valence-electron chi connectivity index (χ0n) is 6.88. The number of carbonyl (C=O) groups excluding carboxylic acids is 2. The molecule has 0 aromatic heterocycles. The highest BCUT2D eigenvalue weighted by Crippen LogP contribution is 2.35. The average molecular weight is 169 g/mol. The van der Waals surface area contributed by atoms with Crippen LogP contribution in [0.2, 0.25) is 0 Å². The van der Waals surface area contributed by atoms with Crippen LogP contribution >= 0.6 is 0 Å². The van der Waals surface area contributed by atoms with E-state index >= 15 is 0 Å². The summed E-state index contributed by atoms with van der Waals surface area (Å²) in [6.45, 7) is 0. The first-order chi connectivity index (χ1) is 5.59. The van der Waals surface area contributed by atoms with Crippen molar-refractivity contribution in [2.24, 2.45) is 16.9 Å². The molecule has 1 saturated carbocycles. The maximum absolute atomic E-state index is 11.0. The molecule has 0 atom stereocenters. The molecular weight excluding hydrogens is 156 g/mol. The Hall–Kier alpha value is -1.06. The van der Waals surface area contributed by atoms with Gasteiger partial charge in [0.25, 0.3) is 0 Å². The Morgan fingerprint density at radius 2 is 1.50 bits per heavy atom. The summed E-state index contributed by atoms with van der Waals surface area (Å²) in [7, 11) is 0. The molecule has 0 aromatic rings. The van der Waals surface area contributed by atoms with Crippen molar-refractivity contribution in [3.05, 3.63) is 6.42 Å². The van der Waals surface area contributed by atoms with E-state index in [0.29, 0.717) is 12.8 Å². The normalized spacial score (nSPS) is 21.7. The second-order valence-electron chi connectivity index (χ2n) is 3.18. The van der Waals surface area contributed by atoms with Crippen molar-refractivity contribution in [3.63, 3.8) is 0 Å². The van der Waals surface area contributed by atoms with Crippen LogP contribution < -0.4 is 11.5 Å². The van der Waals surface area contributed by atoms with Gasteiger partial charge in [0.2, 0.25) is 11.8 Å². The Labute approximate surface area is 71.3 Å². The molecule has 12 heavy (non-hydrogen) atoms. The fraction of sp³-hybridized carbons (Fsp3) is 0.625. The molecule has 4 nitrogen and oxygen atoms in total. The first-order valence-corrected chi connectivity index (χ1v) is 4.01. The third-order valence-electron chi connectivity index (χ3n) is 2.49. The summed E-state index contributed by atoms with van der Waals surface area (Å²) in [5.74, 6) is -1.16. The van der Waals surface area contributed by atoms with Gasteiger partial charge in [-0.05, 0) is 32.1 Å². The molecule has 1 fully saturated rings. The van der Waals surface area contributed by atoms with Crippen molar-refractivity contribution in [3.8, 4) is 0 Å². The quantitative estimate of drug-likeness (QED) is 0.557. The third kappa shape index (κ3) is 1.29. The summed E-state index contributed by atoms with van der Waals surface area (Å²) in [5, 5.41) is 0. The molecule has 4 heteroatoms. The van der Waals surface area contributed by atoms with Gasteiger partial charge in [-0.2, -0.15) is 0 Å². The van der Waals surface area contributed by atoms with Gasteiger partial charge < -0.3 is 11.5 Å². The highest BCUT2D eigenvalue weighted by molar-refractivity contribution is 6.03. The van der Waals surface area contributed by atoms with Crippen molar-refractivity contribution in [2.75, 3.05) is 0 Å². The minimum absolute atomic E-state index is 0.470. The molecule has 2 amide bonds. The smallest absolute Gasteiger partial charge is 0.233 e. The molecule has 1 aliphatic carbocycles. The minimum Gasteiger partial charge on any atom is -0.369 e. The molecule has 0 aromatic carbocycles. The SMILES string of the molecule is NC(=O)C1(C(N)=O)CC[CH]CC1. The number of hydrogen-bond acceptors (Lipinski definition) is 2. The molecule has 1 rings (SSSR count). The van der Waals surface area contributed by atoms with E-state index in [2.05, 4.69) is 0 Å². The number of primary amides is 2. The van der Waals surface area contributed by atoms with E-state index in [1.54, 1.807) is 0 Å². The topological polar surface area (TPSA) is 86.2 Å². The van der Waals surface area contributed by atoms with Gasteiger partial charge in [-0.15, -0.1) is 0 Å². The van der Waals surface area contributed by atoms with Crippen LogP contribution in [0.5, 0.6) is 0 Å². The zero-order valence-corrected chi connectivity index (χ0v) is 6.88. The molecule has 67 valence electrons. The average Bonchev–Trinajstić information content (AvgIpc) is 2.05. The van der Waals surface area contributed by atoms with Gasteiger partial charge in [-0.1, -0.05) is 0 Å². The van der Waals surface area contributed by atoms with Gasteiger partial charge >= 0.3 is 0 Å². The third-order valence-corrected chi connectivity index (χ3v) is 2.49. The molecular formula is C8H13N2O2.